The van der Waals surface area contributed by atoms with Crippen LogP contribution >= 0.6 is 0 Å². The molecule has 86 valence electrons. The summed E-state index contributed by atoms with van der Waals surface area (Å²) in [6, 6.07) is 8.11. The minimum atomic E-state index is -4.41. The van der Waals surface area contributed by atoms with Crippen LogP contribution in [0.15, 0.2) is 36.7 Å². The van der Waals surface area contributed by atoms with Gasteiger partial charge in [0.2, 0.25) is 0 Å². The molecule has 3 nitrogen and oxygen atoms in total. The highest BCUT2D eigenvalue weighted by Crippen LogP contribution is 2.29. The van der Waals surface area contributed by atoms with Crippen molar-refractivity contribution in [1.82, 2.24) is 9.78 Å². The maximum absolute atomic E-state index is 12.4. The lowest BCUT2D eigenvalue weighted by atomic mass is 10.2. The van der Waals surface area contributed by atoms with Crippen LogP contribution in [0.3, 0.4) is 0 Å². The molecule has 0 spiro atoms. The zero-order chi connectivity index (χ0) is 12.5. The van der Waals surface area contributed by atoms with E-state index in [9.17, 15) is 13.2 Å². The van der Waals surface area contributed by atoms with Gasteiger partial charge in [0.05, 0.1) is 29.1 Å². The first kappa shape index (κ1) is 11.2. The van der Waals surface area contributed by atoms with E-state index in [1.165, 1.54) is 6.07 Å². The van der Waals surface area contributed by atoms with Crippen LogP contribution in [0.25, 0.3) is 5.69 Å². The normalized spacial score (nSPS) is 11.2. The van der Waals surface area contributed by atoms with Gasteiger partial charge in [0.1, 0.15) is 0 Å². The third-order valence-corrected chi connectivity index (χ3v) is 2.15. The molecule has 2 aromatic rings. The van der Waals surface area contributed by atoms with Crippen LogP contribution in [0.5, 0.6) is 0 Å². The first-order valence-electron chi connectivity index (χ1n) is 4.63. The Morgan fingerprint density at radius 1 is 1.29 bits per heavy atom. The van der Waals surface area contributed by atoms with Crippen molar-refractivity contribution in [3.8, 4) is 11.8 Å². The van der Waals surface area contributed by atoms with Crippen molar-refractivity contribution in [3.05, 3.63) is 47.8 Å². The number of hydrogen-bond donors (Lipinski definition) is 0. The number of nitrogens with zero attached hydrogens (tertiary/aromatic N) is 3. The van der Waals surface area contributed by atoms with Crippen LogP contribution in [0.2, 0.25) is 0 Å². The van der Waals surface area contributed by atoms with Gasteiger partial charge < -0.3 is 0 Å². The molecule has 1 aromatic carbocycles. The molecule has 1 aromatic heterocycles. The van der Waals surface area contributed by atoms with E-state index in [1.807, 2.05) is 6.07 Å². The lowest BCUT2D eigenvalue weighted by Crippen LogP contribution is -2.03. The summed E-state index contributed by atoms with van der Waals surface area (Å²) in [5.74, 6) is 0. The van der Waals surface area contributed by atoms with Gasteiger partial charge in [-0.25, -0.2) is 4.68 Å². The molecule has 1 heterocycles. The highest BCUT2D eigenvalue weighted by molar-refractivity contribution is 5.41. The number of alkyl halides is 3. The van der Waals surface area contributed by atoms with Crippen molar-refractivity contribution in [1.29, 1.82) is 5.26 Å². The van der Waals surface area contributed by atoms with Gasteiger partial charge in [-0.15, -0.1) is 0 Å². The summed E-state index contributed by atoms with van der Waals surface area (Å²) >= 11 is 0. The molecular formula is C11H6F3N3. The summed E-state index contributed by atoms with van der Waals surface area (Å²) in [5, 5.41) is 12.3. The van der Waals surface area contributed by atoms with E-state index in [2.05, 4.69) is 5.10 Å². The third kappa shape index (κ3) is 2.28. The van der Waals surface area contributed by atoms with Gasteiger partial charge in [-0.3, -0.25) is 0 Å². The standard InChI is InChI=1S/C11H6F3N3/c12-11(13,14)9-6-16-17(7-9)10-3-1-2-8(4-10)5-15/h1-4,6-7H. The van der Waals surface area contributed by atoms with Crippen molar-refractivity contribution in [2.45, 2.75) is 6.18 Å². The Bertz CT molecular complexity index is 578. The van der Waals surface area contributed by atoms with E-state index < -0.39 is 11.7 Å². The Balaban J connectivity index is 2.41. The van der Waals surface area contributed by atoms with Crippen molar-refractivity contribution >= 4 is 0 Å². The second-order valence-corrected chi connectivity index (χ2v) is 3.33. The van der Waals surface area contributed by atoms with Gasteiger partial charge in [0.15, 0.2) is 0 Å². The van der Waals surface area contributed by atoms with Gasteiger partial charge in [-0.05, 0) is 18.2 Å². The van der Waals surface area contributed by atoms with Crippen LogP contribution < -0.4 is 0 Å². The number of halogens is 3. The number of rotatable bonds is 1. The fraction of sp³-hybridized carbons (Fsp3) is 0.0909. The second-order valence-electron chi connectivity index (χ2n) is 3.33. The first-order valence-corrected chi connectivity index (χ1v) is 4.63. The highest BCUT2D eigenvalue weighted by Gasteiger charge is 2.32. The molecule has 0 aliphatic rings. The van der Waals surface area contributed by atoms with Crippen LogP contribution in [-0.2, 0) is 6.18 Å². The predicted molar refractivity (Wildman–Crippen MR) is 53.3 cm³/mol. The van der Waals surface area contributed by atoms with E-state index in [1.54, 1.807) is 18.2 Å². The molecule has 17 heavy (non-hydrogen) atoms. The van der Waals surface area contributed by atoms with Gasteiger partial charge in [0, 0.05) is 6.20 Å². The van der Waals surface area contributed by atoms with Crippen molar-refractivity contribution < 1.29 is 13.2 Å². The second kappa shape index (κ2) is 3.94. The molecule has 0 amide bonds. The SMILES string of the molecule is N#Cc1cccc(-n2cc(C(F)(F)F)cn2)c1. The van der Waals surface area contributed by atoms with E-state index in [0.717, 1.165) is 17.1 Å². The van der Waals surface area contributed by atoms with Crippen molar-refractivity contribution in [2.75, 3.05) is 0 Å². The van der Waals surface area contributed by atoms with E-state index in [-0.39, 0.29) is 0 Å². The number of hydrogen-bond acceptors (Lipinski definition) is 2. The quantitative estimate of drug-likeness (QED) is 0.765. The maximum Gasteiger partial charge on any atom is 0.419 e. The Hall–Kier alpha value is -2.29. The van der Waals surface area contributed by atoms with E-state index >= 15 is 0 Å². The molecule has 0 saturated heterocycles. The van der Waals surface area contributed by atoms with E-state index in [0.29, 0.717) is 11.3 Å². The molecule has 0 saturated carbocycles. The molecule has 0 unspecified atom stereocenters. The van der Waals surface area contributed by atoms with Crippen molar-refractivity contribution in [2.24, 2.45) is 0 Å². The largest absolute Gasteiger partial charge is 0.419 e. The molecular weight excluding hydrogens is 231 g/mol. The molecule has 0 atom stereocenters. The molecule has 0 radical (unpaired) electrons. The summed E-state index contributed by atoms with van der Waals surface area (Å²) in [7, 11) is 0. The van der Waals surface area contributed by atoms with Crippen LogP contribution in [-0.4, -0.2) is 9.78 Å². The topological polar surface area (TPSA) is 41.6 Å². The molecule has 0 aliphatic carbocycles. The molecule has 0 aliphatic heterocycles. The summed E-state index contributed by atoms with van der Waals surface area (Å²) in [6.07, 6.45) is -2.78. The zero-order valence-electron chi connectivity index (χ0n) is 8.44. The summed E-state index contributed by atoms with van der Waals surface area (Å²) in [5.41, 5.74) is -0.0361. The monoisotopic (exact) mass is 237 g/mol. The summed E-state index contributed by atoms with van der Waals surface area (Å²) < 4.78 is 38.2. The number of aromatic nitrogens is 2. The van der Waals surface area contributed by atoms with Crippen LogP contribution in [0.4, 0.5) is 13.2 Å². The van der Waals surface area contributed by atoms with E-state index in [4.69, 9.17) is 5.26 Å². The van der Waals surface area contributed by atoms with Crippen LogP contribution in [0.1, 0.15) is 11.1 Å². The Kier molecular flexibility index (Phi) is 2.60. The average molecular weight is 237 g/mol. The lowest BCUT2D eigenvalue weighted by molar-refractivity contribution is -0.137. The first-order chi connectivity index (χ1) is 8.00. The van der Waals surface area contributed by atoms with Gasteiger partial charge in [-0.2, -0.15) is 23.5 Å². The molecule has 2 rings (SSSR count). The molecule has 6 heteroatoms. The Morgan fingerprint density at radius 3 is 2.65 bits per heavy atom. The van der Waals surface area contributed by atoms with Gasteiger partial charge in [-0.1, -0.05) is 6.07 Å². The smallest absolute Gasteiger partial charge is 0.240 e. The van der Waals surface area contributed by atoms with Crippen LogP contribution in [0, 0.1) is 11.3 Å². The summed E-state index contributed by atoms with van der Waals surface area (Å²) in [6.45, 7) is 0. The van der Waals surface area contributed by atoms with Crippen molar-refractivity contribution in [3.63, 3.8) is 0 Å². The highest BCUT2D eigenvalue weighted by atomic mass is 19.4. The fourth-order valence-corrected chi connectivity index (χ4v) is 1.33. The summed E-state index contributed by atoms with van der Waals surface area (Å²) in [4.78, 5) is 0. The Morgan fingerprint density at radius 2 is 2.06 bits per heavy atom. The maximum atomic E-state index is 12.4. The number of nitriles is 1. The Labute approximate surface area is 94.7 Å². The zero-order valence-corrected chi connectivity index (χ0v) is 8.44. The van der Waals surface area contributed by atoms with Gasteiger partial charge in [0.25, 0.3) is 0 Å². The third-order valence-electron chi connectivity index (χ3n) is 2.15. The minimum Gasteiger partial charge on any atom is -0.240 e. The average Bonchev–Trinajstić information content (AvgIpc) is 2.78. The molecule has 0 bridgehead atoms. The predicted octanol–water partition coefficient (Wildman–Crippen LogP) is 2.76. The minimum absolute atomic E-state index is 0.367. The molecule has 0 N–H and O–H groups in total. The lowest BCUT2D eigenvalue weighted by Gasteiger charge is -2.02. The number of benzene rings is 1. The van der Waals surface area contributed by atoms with Gasteiger partial charge >= 0.3 is 6.18 Å². The fourth-order valence-electron chi connectivity index (χ4n) is 1.33. The molecule has 0 fully saturated rings.